The predicted molar refractivity (Wildman–Crippen MR) is 92.7 cm³/mol. The Kier molecular flexibility index (Phi) is 4.49. The summed E-state index contributed by atoms with van der Waals surface area (Å²) in [6, 6.07) is 6.84. The number of carbonyl (C=O) groups excluding carboxylic acids is 3. The molecule has 0 radical (unpaired) electrons. The van der Waals surface area contributed by atoms with Gasteiger partial charge in [-0.3, -0.25) is 14.4 Å². The molecule has 0 bridgehead atoms. The highest BCUT2D eigenvalue weighted by atomic mass is 32.1. The molecule has 0 aromatic heterocycles. The van der Waals surface area contributed by atoms with Crippen LogP contribution in [0.15, 0.2) is 29.4 Å². The lowest BCUT2D eigenvalue weighted by molar-refractivity contribution is -0.133. The first-order valence-corrected chi connectivity index (χ1v) is 7.98. The van der Waals surface area contributed by atoms with Gasteiger partial charge >= 0.3 is 0 Å². The van der Waals surface area contributed by atoms with Gasteiger partial charge in [0.1, 0.15) is 5.75 Å². The van der Waals surface area contributed by atoms with E-state index in [-0.39, 0.29) is 17.4 Å². The molecule has 0 aliphatic carbocycles. The van der Waals surface area contributed by atoms with Crippen molar-refractivity contribution in [3.05, 3.63) is 29.8 Å². The maximum absolute atomic E-state index is 12.2. The Hall–Kier alpha value is -2.81. The van der Waals surface area contributed by atoms with E-state index in [1.807, 2.05) is 12.1 Å². The molecule has 25 heavy (non-hydrogen) atoms. The predicted octanol–water partition coefficient (Wildman–Crippen LogP) is 0.492. The fourth-order valence-corrected chi connectivity index (χ4v) is 3.13. The molecule has 9 heteroatoms. The minimum absolute atomic E-state index is 0.0300. The van der Waals surface area contributed by atoms with Crippen LogP contribution in [0.4, 0.5) is 0 Å². The van der Waals surface area contributed by atoms with Crippen LogP contribution in [0, 0.1) is 5.92 Å². The Balaban J connectivity index is 1.92. The Morgan fingerprint density at radius 3 is 2.60 bits per heavy atom. The molecule has 1 saturated heterocycles. The van der Waals surface area contributed by atoms with E-state index in [4.69, 9.17) is 17.0 Å². The van der Waals surface area contributed by atoms with Crippen molar-refractivity contribution in [1.29, 1.82) is 0 Å². The van der Waals surface area contributed by atoms with Gasteiger partial charge in [-0.2, -0.15) is 5.10 Å². The molecule has 1 unspecified atom stereocenters. The van der Waals surface area contributed by atoms with Gasteiger partial charge in [0.05, 0.1) is 18.9 Å². The van der Waals surface area contributed by atoms with Crippen molar-refractivity contribution < 1.29 is 19.1 Å². The fraction of sp³-hybridized carbons (Fsp3) is 0.312. The summed E-state index contributed by atoms with van der Waals surface area (Å²) in [6.45, 7) is 1.38. The van der Waals surface area contributed by atoms with E-state index in [1.54, 1.807) is 19.2 Å². The van der Waals surface area contributed by atoms with Crippen molar-refractivity contribution in [1.82, 2.24) is 15.6 Å². The van der Waals surface area contributed by atoms with Crippen molar-refractivity contribution in [2.45, 2.75) is 19.4 Å². The third kappa shape index (κ3) is 3.22. The molecule has 2 aliphatic heterocycles. The van der Waals surface area contributed by atoms with Gasteiger partial charge in [0.15, 0.2) is 11.0 Å². The first-order chi connectivity index (χ1) is 11.9. The molecule has 2 aliphatic rings. The molecule has 2 heterocycles. The van der Waals surface area contributed by atoms with Crippen LogP contribution in [0.25, 0.3) is 0 Å². The summed E-state index contributed by atoms with van der Waals surface area (Å²) in [5, 5.41) is 10.3. The summed E-state index contributed by atoms with van der Waals surface area (Å²) < 4.78 is 5.22. The zero-order chi connectivity index (χ0) is 18.1. The second-order valence-corrected chi connectivity index (χ2v) is 6.10. The molecule has 3 amide bonds. The van der Waals surface area contributed by atoms with Crippen molar-refractivity contribution >= 4 is 40.8 Å². The summed E-state index contributed by atoms with van der Waals surface area (Å²) in [6.07, 6.45) is 0.269. The number of rotatable bonds is 3. The number of hydrazone groups is 1. The second-order valence-electron chi connectivity index (χ2n) is 5.69. The minimum atomic E-state index is -1.11. The van der Waals surface area contributed by atoms with Gasteiger partial charge < -0.3 is 15.4 Å². The lowest BCUT2D eigenvalue weighted by Crippen LogP contribution is -2.57. The SMILES string of the molecule is COc1cccc(C2CC(C3C(=O)NC(=S)NC3=O)=NN2C(C)=O)c1. The standard InChI is InChI=1S/C16H16N4O4S/c1-8(21)20-12(9-4-3-5-10(6-9)24-2)7-11(19-20)13-14(22)17-16(25)18-15(13)23/h3-6,12-13H,7H2,1-2H3,(H2,17,18,22,23,25). The number of methoxy groups -OCH3 is 1. The van der Waals surface area contributed by atoms with Gasteiger partial charge in [-0.25, -0.2) is 5.01 Å². The molecule has 3 rings (SSSR count). The molecule has 0 saturated carbocycles. The molecule has 0 spiro atoms. The highest BCUT2D eigenvalue weighted by molar-refractivity contribution is 7.80. The highest BCUT2D eigenvalue weighted by Crippen LogP contribution is 2.34. The van der Waals surface area contributed by atoms with Crippen LogP contribution >= 0.6 is 12.2 Å². The van der Waals surface area contributed by atoms with Gasteiger partial charge in [0, 0.05) is 13.3 Å². The van der Waals surface area contributed by atoms with Gasteiger partial charge in [-0.05, 0) is 29.9 Å². The van der Waals surface area contributed by atoms with Crippen LogP contribution in [0.5, 0.6) is 5.75 Å². The van der Waals surface area contributed by atoms with E-state index in [9.17, 15) is 14.4 Å². The van der Waals surface area contributed by atoms with E-state index in [0.717, 1.165) is 5.56 Å². The molecular weight excluding hydrogens is 344 g/mol. The zero-order valence-corrected chi connectivity index (χ0v) is 14.4. The highest BCUT2D eigenvalue weighted by Gasteiger charge is 2.42. The number of nitrogens with zero attached hydrogens (tertiary/aromatic N) is 2. The van der Waals surface area contributed by atoms with Crippen LogP contribution < -0.4 is 15.4 Å². The number of hydrogen-bond donors (Lipinski definition) is 2. The average molecular weight is 360 g/mol. The molecule has 1 aromatic rings. The van der Waals surface area contributed by atoms with Crippen LogP contribution in [-0.2, 0) is 14.4 Å². The minimum Gasteiger partial charge on any atom is -0.497 e. The lowest BCUT2D eigenvalue weighted by atomic mass is 9.92. The van der Waals surface area contributed by atoms with Gasteiger partial charge in [-0.1, -0.05) is 12.1 Å². The van der Waals surface area contributed by atoms with E-state index in [0.29, 0.717) is 11.5 Å². The fourth-order valence-electron chi connectivity index (χ4n) is 2.93. The normalized spacial score (nSPS) is 20.9. The van der Waals surface area contributed by atoms with Crippen molar-refractivity contribution in [3.8, 4) is 5.75 Å². The van der Waals surface area contributed by atoms with Crippen LogP contribution in [0.1, 0.15) is 24.9 Å². The van der Waals surface area contributed by atoms with Crippen LogP contribution in [-0.4, -0.2) is 40.7 Å². The Morgan fingerprint density at radius 1 is 1.32 bits per heavy atom. The molecule has 2 N–H and O–H groups in total. The van der Waals surface area contributed by atoms with Crippen molar-refractivity contribution in [2.75, 3.05) is 7.11 Å². The number of nitrogens with one attached hydrogen (secondary N) is 2. The van der Waals surface area contributed by atoms with Crippen LogP contribution in [0.2, 0.25) is 0 Å². The van der Waals surface area contributed by atoms with E-state index in [2.05, 4.69) is 15.7 Å². The maximum Gasteiger partial charge on any atom is 0.244 e. The summed E-state index contributed by atoms with van der Waals surface area (Å²) >= 11 is 4.80. The van der Waals surface area contributed by atoms with Gasteiger partial charge in [0.2, 0.25) is 17.7 Å². The number of ether oxygens (including phenoxy) is 1. The summed E-state index contributed by atoms with van der Waals surface area (Å²) in [7, 11) is 1.55. The number of hydrogen-bond acceptors (Lipinski definition) is 6. The average Bonchev–Trinajstić information content (AvgIpc) is 2.99. The quantitative estimate of drug-likeness (QED) is 0.604. The monoisotopic (exact) mass is 360 g/mol. The number of amides is 3. The third-order valence-corrected chi connectivity index (χ3v) is 4.27. The summed E-state index contributed by atoms with van der Waals surface area (Å²) in [5.74, 6) is -1.82. The Bertz CT molecular complexity index is 787. The lowest BCUT2D eigenvalue weighted by Gasteiger charge is -2.22. The Morgan fingerprint density at radius 2 is 2.00 bits per heavy atom. The molecular formula is C16H16N4O4S. The van der Waals surface area contributed by atoms with Gasteiger partial charge in [0.25, 0.3) is 0 Å². The van der Waals surface area contributed by atoms with Crippen molar-refractivity contribution in [2.24, 2.45) is 11.0 Å². The first kappa shape index (κ1) is 17.0. The van der Waals surface area contributed by atoms with E-state index < -0.39 is 23.8 Å². The van der Waals surface area contributed by atoms with E-state index >= 15 is 0 Å². The van der Waals surface area contributed by atoms with Crippen LogP contribution in [0.3, 0.4) is 0 Å². The Labute approximate surface area is 149 Å². The summed E-state index contributed by atoms with van der Waals surface area (Å²) in [5.41, 5.74) is 1.13. The molecule has 8 nitrogen and oxygen atoms in total. The topological polar surface area (TPSA) is 100 Å². The van der Waals surface area contributed by atoms with E-state index in [1.165, 1.54) is 11.9 Å². The zero-order valence-electron chi connectivity index (χ0n) is 13.6. The van der Waals surface area contributed by atoms with Crippen molar-refractivity contribution in [3.63, 3.8) is 0 Å². The number of carbonyl (C=O) groups is 3. The molecule has 1 fully saturated rings. The molecule has 1 aromatic carbocycles. The third-order valence-electron chi connectivity index (χ3n) is 4.07. The smallest absolute Gasteiger partial charge is 0.244 e. The molecule has 1 atom stereocenters. The maximum atomic E-state index is 12.2. The van der Waals surface area contributed by atoms with Gasteiger partial charge in [-0.15, -0.1) is 0 Å². The summed E-state index contributed by atoms with van der Waals surface area (Å²) in [4.78, 5) is 36.3. The number of thiocarbonyl (C=S) groups is 1. The first-order valence-electron chi connectivity index (χ1n) is 7.57. The molecule has 130 valence electrons. The second kappa shape index (κ2) is 6.60. The largest absolute Gasteiger partial charge is 0.497 e. The number of benzene rings is 1.